The fraction of sp³-hybridized carbons (Fsp3) is 0.0625. The summed E-state index contributed by atoms with van der Waals surface area (Å²) in [6.07, 6.45) is -0.252. The summed E-state index contributed by atoms with van der Waals surface area (Å²) in [5.41, 5.74) is 1.40. The zero-order valence-corrected chi connectivity index (χ0v) is 11.6. The molecule has 1 aromatic carbocycles. The van der Waals surface area contributed by atoms with Crippen molar-refractivity contribution in [2.45, 2.75) is 6.18 Å². The van der Waals surface area contributed by atoms with Crippen LogP contribution in [0.15, 0.2) is 42.6 Å². The largest absolute Gasteiger partial charge is 0.471 e. The van der Waals surface area contributed by atoms with Crippen LogP contribution in [0.4, 0.5) is 18.9 Å². The van der Waals surface area contributed by atoms with Gasteiger partial charge in [-0.2, -0.15) is 18.4 Å². The maximum atomic E-state index is 12.2. The van der Waals surface area contributed by atoms with Gasteiger partial charge in [0.1, 0.15) is 6.07 Å². The van der Waals surface area contributed by atoms with Gasteiger partial charge in [-0.15, -0.1) is 0 Å². The van der Waals surface area contributed by atoms with E-state index in [1.165, 1.54) is 24.4 Å². The number of carbonyl (C=O) groups is 1. The Morgan fingerprint density at radius 1 is 1.22 bits per heavy atom. The number of aromatic nitrogens is 1. The van der Waals surface area contributed by atoms with Gasteiger partial charge in [-0.1, -0.05) is 18.2 Å². The molecule has 0 atom stereocenters. The molecule has 1 amide bonds. The lowest BCUT2D eigenvalue weighted by molar-refractivity contribution is -0.167. The lowest BCUT2D eigenvalue weighted by Crippen LogP contribution is -2.29. The second-order valence-corrected chi connectivity index (χ2v) is 4.46. The minimum Gasteiger partial charge on any atom is -0.318 e. The van der Waals surface area contributed by atoms with Crippen molar-refractivity contribution in [2.75, 3.05) is 5.32 Å². The zero-order valence-electron chi connectivity index (χ0n) is 11.6. The molecule has 23 heavy (non-hydrogen) atoms. The van der Waals surface area contributed by atoms with E-state index in [-0.39, 0.29) is 5.69 Å². The molecule has 1 heterocycles. The minimum absolute atomic E-state index is 0.0241. The molecule has 0 bridgehead atoms. The van der Waals surface area contributed by atoms with Gasteiger partial charge >= 0.3 is 12.1 Å². The van der Waals surface area contributed by atoms with Gasteiger partial charge in [0.25, 0.3) is 0 Å². The van der Waals surface area contributed by atoms with Crippen molar-refractivity contribution in [1.29, 1.82) is 5.26 Å². The van der Waals surface area contributed by atoms with E-state index >= 15 is 0 Å². The summed E-state index contributed by atoms with van der Waals surface area (Å²) in [6, 6.07) is 11.1. The first-order valence-electron chi connectivity index (χ1n) is 6.41. The molecular weight excluding hydrogens is 307 g/mol. The Labute approximate surface area is 129 Å². The number of nitriles is 1. The van der Waals surface area contributed by atoms with E-state index in [1.54, 1.807) is 35.7 Å². The molecule has 1 N–H and O–H groups in total. The van der Waals surface area contributed by atoms with Crippen LogP contribution in [0.5, 0.6) is 0 Å². The Morgan fingerprint density at radius 2 is 2.00 bits per heavy atom. The normalized spacial score (nSPS) is 11.2. The number of alkyl halides is 3. The van der Waals surface area contributed by atoms with Gasteiger partial charge in [-0.25, -0.2) is 0 Å². The van der Waals surface area contributed by atoms with Crippen LogP contribution in [0, 0.1) is 11.3 Å². The standard InChI is InChI=1S/C16H10F3N3O/c17-16(18,19)15(23)22-13-5-1-3-11(9-13)6-7-14-12(10-20)4-2-8-21-14/h1-9H,(H,22,23). The molecule has 0 radical (unpaired) electrons. The number of pyridine rings is 1. The maximum absolute atomic E-state index is 12.2. The van der Waals surface area contributed by atoms with E-state index in [2.05, 4.69) is 4.98 Å². The van der Waals surface area contributed by atoms with Crippen LogP contribution in [-0.4, -0.2) is 17.1 Å². The number of amides is 1. The number of nitrogens with one attached hydrogen (secondary N) is 1. The SMILES string of the molecule is N#Cc1cccnc1C=Cc1cccc(NC(=O)C(F)(F)F)c1. The van der Waals surface area contributed by atoms with E-state index in [1.807, 2.05) is 6.07 Å². The predicted molar refractivity (Wildman–Crippen MR) is 79.0 cm³/mol. The average molecular weight is 317 g/mol. The summed E-state index contributed by atoms with van der Waals surface area (Å²) >= 11 is 0. The Bertz CT molecular complexity index is 792. The number of anilines is 1. The summed E-state index contributed by atoms with van der Waals surface area (Å²) < 4.78 is 36.7. The van der Waals surface area contributed by atoms with E-state index < -0.39 is 12.1 Å². The van der Waals surface area contributed by atoms with E-state index in [4.69, 9.17) is 5.26 Å². The molecule has 0 saturated carbocycles. The molecule has 7 heteroatoms. The lowest BCUT2D eigenvalue weighted by Gasteiger charge is -2.08. The molecule has 0 spiro atoms. The van der Waals surface area contributed by atoms with Gasteiger partial charge < -0.3 is 5.32 Å². The summed E-state index contributed by atoms with van der Waals surface area (Å²) in [4.78, 5) is 14.9. The number of rotatable bonds is 3. The van der Waals surface area contributed by atoms with Crippen molar-refractivity contribution in [3.8, 4) is 6.07 Å². The van der Waals surface area contributed by atoms with Gasteiger partial charge in [0.2, 0.25) is 0 Å². The molecule has 2 rings (SSSR count). The van der Waals surface area contributed by atoms with Crippen LogP contribution < -0.4 is 5.32 Å². The van der Waals surface area contributed by atoms with Crippen LogP contribution in [0.1, 0.15) is 16.8 Å². The number of hydrogen-bond donors (Lipinski definition) is 1. The fourth-order valence-corrected chi connectivity index (χ4v) is 1.74. The van der Waals surface area contributed by atoms with Crippen LogP contribution in [0.25, 0.3) is 12.2 Å². The Kier molecular flexibility index (Phi) is 4.76. The molecule has 0 aliphatic rings. The first-order valence-corrected chi connectivity index (χ1v) is 6.41. The second kappa shape index (κ2) is 6.75. The summed E-state index contributed by atoms with van der Waals surface area (Å²) in [5, 5.41) is 10.7. The van der Waals surface area contributed by atoms with E-state index in [0.717, 1.165) is 0 Å². The van der Waals surface area contributed by atoms with Gasteiger partial charge in [0, 0.05) is 11.9 Å². The third-order valence-corrected chi connectivity index (χ3v) is 2.79. The molecule has 0 fully saturated rings. The molecule has 0 aliphatic heterocycles. The van der Waals surface area contributed by atoms with Crippen molar-refractivity contribution in [1.82, 2.24) is 4.98 Å². The number of halogens is 3. The number of hydrogen-bond acceptors (Lipinski definition) is 3. The highest BCUT2D eigenvalue weighted by atomic mass is 19.4. The first-order chi connectivity index (χ1) is 10.9. The van der Waals surface area contributed by atoms with Crippen molar-refractivity contribution in [3.05, 3.63) is 59.4 Å². The van der Waals surface area contributed by atoms with Gasteiger partial charge in [0.15, 0.2) is 0 Å². The molecule has 0 aliphatic carbocycles. The van der Waals surface area contributed by atoms with Crippen LogP contribution in [0.3, 0.4) is 0 Å². The topological polar surface area (TPSA) is 65.8 Å². The third kappa shape index (κ3) is 4.41. The molecular formula is C16H10F3N3O. The smallest absolute Gasteiger partial charge is 0.318 e. The van der Waals surface area contributed by atoms with Crippen LogP contribution in [-0.2, 0) is 4.79 Å². The van der Waals surface area contributed by atoms with Crippen molar-refractivity contribution in [3.63, 3.8) is 0 Å². The Morgan fingerprint density at radius 3 is 2.70 bits per heavy atom. The average Bonchev–Trinajstić information content (AvgIpc) is 2.52. The molecule has 0 unspecified atom stereocenters. The summed E-state index contributed by atoms with van der Waals surface area (Å²) in [7, 11) is 0. The first kappa shape index (κ1) is 16.2. The highest BCUT2D eigenvalue weighted by molar-refractivity contribution is 5.95. The predicted octanol–water partition coefficient (Wildman–Crippen LogP) is 3.62. The van der Waals surface area contributed by atoms with E-state index in [9.17, 15) is 18.0 Å². The van der Waals surface area contributed by atoms with Crippen molar-refractivity contribution >= 4 is 23.7 Å². The molecule has 4 nitrogen and oxygen atoms in total. The number of carbonyl (C=O) groups excluding carboxylic acids is 1. The Hall–Kier alpha value is -3.14. The zero-order chi connectivity index (χ0) is 16.9. The second-order valence-electron chi connectivity index (χ2n) is 4.46. The monoisotopic (exact) mass is 317 g/mol. The highest BCUT2D eigenvalue weighted by Crippen LogP contribution is 2.19. The third-order valence-electron chi connectivity index (χ3n) is 2.79. The Balaban J connectivity index is 2.19. The molecule has 1 aromatic heterocycles. The van der Waals surface area contributed by atoms with Crippen LogP contribution >= 0.6 is 0 Å². The van der Waals surface area contributed by atoms with Gasteiger partial charge in [0.05, 0.1) is 11.3 Å². The highest BCUT2D eigenvalue weighted by Gasteiger charge is 2.38. The van der Waals surface area contributed by atoms with Gasteiger partial charge in [-0.05, 0) is 35.9 Å². The molecule has 0 saturated heterocycles. The van der Waals surface area contributed by atoms with Crippen molar-refractivity contribution in [2.24, 2.45) is 0 Å². The molecule has 116 valence electrons. The fourth-order valence-electron chi connectivity index (χ4n) is 1.74. The lowest BCUT2D eigenvalue weighted by atomic mass is 10.1. The maximum Gasteiger partial charge on any atom is 0.471 e. The number of nitrogens with zero attached hydrogens (tertiary/aromatic N) is 2. The quantitative estimate of drug-likeness (QED) is 0.940. The van der Waals surface area contributed by atoms with Crippen LogP contribution in [0.2, 0.25) is 0 Å². The van der Waals surface area contributed by atoms with Gasteiger partial charge in [-0.3, -0.25) is 9.78 Å². The molecule has 2 aromatic rings. The number of benzene rings is 1. The summed E-state index contributed by atoms with van der Waals surface area (Å²) in [5.74, 6) is -2.03. The van der Waals surface area contributed by atoms with E-state index in [0.29, 0.717) is 16.8 Å². The minimum atomic E-state index is -4.94. The van der Waals surface area contributed by atoms with Crippen molar-refractivity contribution < 1.29 is 18.0 Å². The summed E-state index contributed by atoms with van der Waals surface area (Å²) in [6.45, 7) is 0.